The quantitative estimate of drug-likeness (QED) is 0.710. The molecule has 0 N–H and O–H groups in total. The first-order valence-corrected chi connectivity index (χ1v) is 6.98. The van der Waals surface area contributed by atoms with E-state index < -0.39 is 6.61 Å². The Kier molecular flexibility index (Phi) is 4.15. The Labute approximate surface area is 135 Å². The van der Waals surface area contributed by atoms with Crippen molar-refractivity contribution in [2.45, 2.75) is 13.2 Å². The van der Waals surface area contributed by atoms with Crippen molar-refractivity contribution in [3.05, 3.63) is 46.6 Å². The molecule has 3 rings (SSSR count). The van der Waals surface area contributed by atoms with Crippen LogP contribution in [-0.4, -0.2) is 33.1 Å². The molecular formula is C15H14F2N4O3. The second kappa shape index (κ2) is 6.26. The highest BCUT2D eigenvalue weighted by molar-refractivity contribution is 5.72. The van der Waals surface area contributed by atoms with Crippen molar-refractivity contribution in [1.82, 2.24) is 19.3 Å². The van der Waals surface area contributed by atoms with Gasteiger partial charge in [-0.2, -0.15) is 13.9 Å². The van der Waals surface area contributed by atoms with Crippen LogP contribution in [0.25, 0.3) is 11.0 Å². The molecule has 0 saturated heterocycles. The Morgan fingerprint density at radius 1 is 1.29 bits per heavy atom. The number of nitrogens with zero attached hydrogens (tertiary/aromatic N) is 4. The fourth-order valence-corrected chi connectivity index (χ4v) is 2.38. The van der Waals surface area contributed by atoms with E-state index in [2.05, 4.69) is 14.8 Å². The van der Waals surface area contributed by atoms with Gasteiger partial charge in [-0.1, -0.05) is 6.07 Å². The zero-order valence-electron chi connectivity index (χ0n) is 12.9. The maximum Gasteiger partial charge on any atom is 0.387 e. The number of aryl methyl sites for hydroxylation is 1. The van der Waals surface area contributed by atoms with Gasteiger partial charge in [0.25, 0.3) is 5.56 Å². The van der Waals surface area contributed by atoms with E-state index in [1.165, 1.54) is 41.0 Å². The molecule has 2 heterocycles. The molecule has 24 heavy (non-hydrogen) atoms. The summed E-state index contributed by atoms with van der Waals surface area (Å²) < 4.78 is 37.0. The van der Waals surface area contributed by atoms with Gasteiger partial charge in [-0.05, 0) is 17.7 Å². The van der Waals surface area contributed by atoms with Crippen LogP contribution < -0.4 is 15.0 Å². The second-order valence-corrected chi connectivity index (χ2v) is 5.05. The minimum absolute atomic E-state index is 0.0653. The van der Waals surface area contributed by atoms with Crippen LogP contribution in [0.4, 0.5) is 8.78 Å². The minimum atomic E-state index is -2.94. The van der Waals surface area contributed by atoms with Crippen molar-refractivity contribution >= 4 is 11.0 Å². The van der Waals surface area contributed by atoms with Crippen LogP contribution in [0.2, 0.25) is 0 Å². The molecule has 126 valence electrons. The number of halogens is 2. The van der Waals surface area contributed by atoms with Crippen LogP contribution in [0, 0.1) is 0 Å². The molecule has 0 fully saturated rings. The van der Waals surface area contributed by atoms with E-state index in [0.29, 0.717) is 16.6 Å². The lowest BCUT2D eigenvalue weighted by molar-refractivity contribution is -0.0512. The van der Waals surface area contributed by atoms with Crippen molar-refractivity contribution in [2.75, 3.05) is 7.11 Å². The van der Waals surface area contributed by atoms with Gasteiger partial charge >= 0.3 is 6.61 Å². The van der Waals surface area contributed by atoms with E-state index in [4.69, 9.17) is 4.74 Å². The van der Waals surface area contributed by atoms with Gasteiger partial charge in [0.15, 0.2) is 17.1 Å². The Hall–Kier alpha value is -2.97. The number of benzene rings is 1. The van der Waals surface area contributed by atoms with Gasteiger partial charge in [0.1, 0.15) is 11.7 Å². The van der Waals surface area contributed by atoms with Crippen LogP contribution in [0.15, 0.2) is 35.5 Å². The highest BCUT2D eigenvalue weighted by atomic mass is 19.3. The number of alkyl halides is 2. The fourth-order valence-electron chi connectivity index (χ4n) is 2.38. The summed E-state index contributed by atoms with van der Waals surface area (Å²) in [5, 5.41) is 4.41. The second-order valence-electron chi connectivity index (χ2n) is 5.05. The number of aromatic nitrogens is 4. The number of methoxy groups -OCH3 is 1. The lowest BCUT2D eigenvalue weighted by Gasteiger charge is -2.12. The molecule has 0 unspecified atom stereocenters. The molecule has 0 amide bonds. The zero-order valence-corrected chi connectivity index (χ0v) is 12.9. The summed E-state index contributed by atoms with van der Waals surface area (Å²) in [6.45, 7) is -2.73. The molecule has 7 nitrogen and oxygen atoms in total. The van der Waals surface area contributed by atoms with Crippen LogP contribution in [0.3, 0.4) is 0 Å². The van der Waals surface area contributed by atoms with E-state index in [0.717, 1.165) is 0 Å². The van der Waals surface area contributed by atoms with Gasteiger partial charge < -0.3 is 9.47 Å². The summed E-state index contributed by atoms with van der Waals surface area (Å²) in [4.78, 5) is 16.6. The average molecular weight is 336 g/mol. The maximum atomic E-state index is 12.4. The molecule has 9 heteroatoms. The molecular weight excluding hydrogens is 322 g/mol. The third kappa shape index (κ3) is 2.92. The normalized spacial score (nSPS) is 11.2. The van der Waals surface area contributed by atoms with E-state index in [1.54, 1.807) is 13.1 Å². The summed E-state index contributed by atoms with van der Waals surface area (Å²) >= 11 is 0. The zero-order chi connectivity index (χ0) is 17.3. The van der Waals surface area contributed by atoms with Gasteiger partial charge in [-0.3, -0.25) is 14.0 Å². The predicted octanol–water partition coefficient (Wildman–Crippen LogP) is 1.79. The van der Waals surface area contributed by atoms with Crippen molar-refractivity contribution in [2.24, 2.45) is 7.05 Å². The van der Waals surface area contributed by atoms with Crippen molar-refractivity contribution in [3.63, 3.8) is 0 Å². The lowest BCUT2D eigenvalue weighted by Crippen LogP contribution is -2.21. The third-order valence-electron chi connectivity index (χ3n) is 3.52. The molecule has 0 spiro atoms. The Balaban J connectivity index is 1.94. The SMILES string of the molecule is COc1cc(Cn2cnc3c(cnn3C)c2=O)ccc1OC(F)F. The summed E-state index contributed by atoms with van der Waals surface area (Å²) in [5.74, 6) is 0.0979. The van der Waals surface area contributed by atoms with Gasteiger partial charge in [0, 0.05) is 7.05 Å². The van der Waals surface area contributed by atoms with Gasteiger partial charge in [-0.15, -0.1) is 0 Å². The van der Waals surface area contributed by atoms with Crippen LogP contribution in [-0.2, 0) is 13.6 Å². The summed E-state index contributed by atoms with van der Waals surface area (Å²) in [5.41, 5.74) is 0.940. The molecule has 1 aromatic carbocycles. The first-order chi connectivity index (χ1) is 11.5. The highest BCUT2D eigenvalue weighted by Gasteiger charge is 2.13. The lowest BCUT2D eigenvalue weighted by atomic mass is 10.2. The van der Waals surface area contributed by atoms with Crippen molar-refractivity contribution < 1.29 is 18.3 Å². The molecule has 0 radical (unpaired) electrons. The van der Waals surface area contributed by atoms with Gasteiger partial charge in [0.2, 0.25) is 0 Å². The first kappa shape index (κ1) is 15.9. The Bertz CT molecular complexity index is 936. The minimum Gasteiger partial charge on any atom is -0.493 e. The molecule has 0 aliphatic heterocycles. The molecule has 3 aromatic rings. The molecule has 0 bridgehead atoms. The summed E-state index contributed by atoms with van der Waals surface area (Å²) in [7, 11) is 3.05. The molecule has 0 aliphatic rings. The molecule has 0 aliphatic carbocycles. The third-order valence-corrected chi connectivity index (χ3v) is 3.52. The first-order valence-electron chi connectivity index (χ1n) is 6.98. The number of hydrogen-bond acceptors (Lipinski definition) is 5. The molecule has 0 atom stereocenters. The van der Waals surface area contributed by atoms with Crippen molar-refractivity contribution in [1.29, 1.82) is 0 Å². The average Bonchev–Trinajstić information content (AvgIpc) is 2.93. The number of fused-ring (bicyclic) bond motifs is 1. The van der Waals surface area contributed by atoms with Gasteiger partial charge in [0.05, 0.1) is 19.9 Å². The fraction of sp³-hybridized carbons (Fsp3) is 0.267. The largest absolute Gasteiger partial charge is 0.493 e. The van der Waals surface area contributed by atoms with E-state index in [-0.39, 0.29) is 23.6 Å². The number of ether oxygens (including phenoxy) is 2. The van der Waals surface area contributed by atoms with Crippen LogP contribution >= 0.6 is 0 Å². The standard InChI is InChI=1S/C15H14F2N4O3/c1-20-13-10(6-19-20)14(22)21(8-18-13)7-9-3-4-11(24-15(16)17)12(5-9)23-2/h3-6,8,15H,7H2,1-2H3. The van der Waals surface area contributed by atoms with E-state index in [1.807, 2.05) is 0 Å². The Morgan fingerprint density at radius 3 is 2.79 bits per heavy atom. The smallest absolute Gasteiger partial charge is 0.387 e. The van der Waals surface area contributed by atoms with Gasteiger partial charge in [-0.25, -0.2) is 4.98 Å². The maximum absolute atomic E-state index is 12.4. The topological polar surface area (TPSA) is 71.2 Å². The van der Waals surface area contributed by atoms with E-state index in [9.17, 15) is 13.6 Å². The van der Waals surface area contributed by atoms with Crippen LogP contribution in [0.5, 0.6) is 11.5 Å². The molecule has 2 aromatic heterocycles. The molecule has 0 saturated carbocycles. The monoisotopic (exact) mass is 336 g/mol. The van der Waals surface area contributed by atoms with Crippen molar-refractivity contribution in [3.8, 4) is 11.5 Å². The number of rotatable bonds is 5. The summed E-state index contributed by atoms with van der Waals surface area (Å²) in [6.07, 6.45) is 2.88. The number of hydrogen-bond donors (Lipinski definition) is 0. The van der Waals surface area contributed by atoms with Crippen LogP contribution in [0.1, 0.15) is 5.56 Å². The van der Waals surface area contributed by atoms with E-state index >= 15 is 0 Å². The summed E-state index contributed by atoms with van der Waals surface area (Å²) in [6, 6.07) is 4.50. The Morgan fingerprint density at radius 2 is 2.08 bits per heavy atom. The highest BCUT2D eigenvalue weighted by Crippen LogP contribution is 2.29. The predicted molar refractivity (Wildman–Crippen MR) is 81.5 cm³/mol.